The van der Waals surface area contributed by atoms with Crippen LogP contribution in [-0.4, -0.2) is 44.7 Å². The first-order valence-corrected chi connectivity index (χ1v) is 7.63. The van der Waals surface area contributed by atoms with Crippen molar-refractivity contribution in [1.82, 2.24) is 15.0 Å². The van der Waals surface area contributed by atoms with Gasteiger partial charge in [-0.3, -0.25) is 4.79 Å². The molecule has 0 aliphatic carbocycles. The van der Waals surface area contributed by atoms with Crippen molar-refractivity contribution in [3.63, 3.8) is 0 Å². The van der Waals surface area contributed by atoms with E-state index in [1.54, 1.807) is 24.3 Å². The Balaban J connectivity index is 1.94. The predicted molar refractivity (Wildman–Crippen MR) is 87.3 cm³/mol. The Kier molecular flexibility index (Phi) is 6.02. The summed E-state index contributed by atoms with van der Waals surface area (Å²) >= 11 is 0. The van der Waals surface area contributed by atoms with Crippen LogP contribution in [0.2, 0.25) is 0 Å². The highest BCUT2D eigenvalue weighted by molar-refractivity contribution is 5.91. The minimum absolute atomic E-state index is 0.107. The van der Waals surface area contributed by atoms with E-state index in [4.69, 9.17) is 9.84 Å². The van der Waals surface area contributed by atoms with Gasteiger partial charge < -0.3 is 15.2 Å². The monoisotopic (exact) mass is 332 g/mol. The third-order valence-electron chi connectivity index (χ3n) is 3.11. The van der Waals surface area contributed by atoms with Crippen molar-refractivity contribution >= 4 is 17.6 Å². The Morgan fingerprint density at radius 2 is 2.17 bits per heavy atom. The molecule has 0 saturated heterocycles. The van der Waals surface area contributed by atoms with E-state index >= 15 is 0 Å². The lowest BCUT2D eigenvalue weighted by Crippen LogP contribution is -2.13. The van der Waals surface area contributed by atoms with Gasteiger partial charge in [0.1, 0.15) is 0 Å². The molecule has 1 aromatic heterocycles. The van der Waals surface area contributed by atoms with Gasteiger partial charge in [-0.2, -0.15) is 0 Å². The molecule has 128 valence electrons. The summed E-state index contributed by atoms with van der Waals surface area (Å²) in [7, 11) is 0. The van der Waals surface area contributed by atoms with Crippen molar-refractivity contribution < 1.29 is 19.4 Å². The van der Waals surface area contributed by atoms with Gasteiger partial charge in [0.2, 0.25) is 5.91 Å². The van der Waals surface area contributed by atoms with E-state index in [-0.39, 0.29) is 17.7 Å². The Labute approximate surface area is 139 Å². The summed E-state index contributed by atoms with van der Waals surface area (Å²) in [6.45, 7) is 4.44. The topological polar surface area (TPSA) is 106 Å². The third kappa shape index (κ3) is 5.17. The number of carboxylic acid groups (broad SMARTS) is 1. The van der Waals surface area contributed by atoms with Crippen LogP contribution in [0.5, 0.6) is 0 Å². The average Bonchev–Trinajstić information content (AvgIpc) is 3.02. The molecule has 1 heterocycles. The van der Waals surface area contributed by atoms with Crippen LogP contribution in [0.3, 0.4) is 0 Å². The molecule has 8 nitrogen and oxygen atoms in total. The number of rotatable bonds is 8. The molecule has 0 fully saturated rings. The van der Waals surface area contributed by atoms with Crippen molar-refractivity contribution in [3.8, 4) is 5.69 Å². The number of ether oxygens (including phenoxy) is 1. The number of carbonyl (C=O) groups is 2. The second kappa shape index (κ2) is 8.21. The first kappa shape index (κ1) is 17.6. The maximum atomic E-state index is 11.9. The molecule has 0 unspecified atom stereocenters. The Morgan fingerprint density at radius 3 is 2.83 bits per heavy atom. The minimum Gasteiger partial charge on any atom is -0.476 e. The molecule has 2 rings (SSSR count). The number of benzene rings is 1. The fourth-order valence-electron chi connectivity index (χ4n) is 1.99. The predicted octanol–water partition coefficient (Wildman–Crippen LogP) is 2.11. The Hall–Kier alpha value is -2.74. The number of carbonyl (C=O) groups excluding carboxylic acids is 1. The molecule has 0 spiro atoms. The highest BCUT2D eigenvalue weighted by Gasteiger charge is 2.10. The van der Waals surface area contributed by atoms with Crippen LogP contribution in [0.25, 0.3) is 5.69 Å². The van der Waals surface area contributed by atoms with Gasteiger partial charge in [0.25, 0.3) is 0 Å². The summed E-state index contributed by atoms with van der Waals surface area (Å²) in [6.07, 6.45) is 2.48. The quantitative estimate of drug-likeness (QED) is 0.717. The van der Waals surface area contributed by atoms with Gasteiger partial charge in [0, 0.05) is 18.7 Å². The SMILES string of the molecule is CC(C)OCCCC(=O)Nc1cccc(-n2cc(C(=O)O)nn2)c1. The second-order valence-electron chi connectivity index (χ2n) is 5.48. The van der Waals surface area contributed by atoms with Gasteiger partial charge in [-0.15, -0.1) is 5.10 Å². The summed E-state index contributed by atoms with van der Waals surface area (Å²) in [5.74, 6) is -1.25. The zero-order valence-electron chi connectivity index (χ0n) is 13.6. The standard InChI is InChI=1S/C16H20N4O4/c1-11(2)24-8-4-7-15(21)17-12-5-3-6-13(9-12)20-10-14(16(22)23)18-19-20/h3,5-6,9-11H,4,7-8H2,1-2H3,(H,17,21)(H,22,23). The second-order valence-corrected chi connectivity index (χ2v) is 5.48. The molecule has 0 aliphatic rings. The van der Waals surface area contributed by atoms with Crippen LogP contribution >= 0.6 is 0 Å². The van der Waals surface area contributed by atoms with Gasteiger partial charge in [0.15, 0.2) is 5.69 Å². The Morgan fingerprint density at radius 1 is 1.38 bits per heavy atom. The van der Waals surface area contributed by atoms with Crippen LogP contribution < -0.4 is 5.32 Å². The number of amides is 1. The van der Waals surface area contributed by atoms with Crippen LogP contribution in [0, 0.1) is 0 Å². The van der Waals surface area contributed by atoms with E-state index in [0.717, 1.165) is 0 Å². The fourth-order valence-corrected chi connectivity index (χ4v) is 1.99. The average molecular weight is 332 g/mol. The van der Waals surface area contributed by atoms with E-state index in [1.807, 2.05) is 13.8 Å². The Bertz CT molecular complexity index is 712. The third-order valence-corrected chi connectivity index (χ3v) is 3.11. The number of hydrogen-bond donors (Lipinski definition) is 2. The van der Waals surface area contributed by atoms with Gasteiger partial charge in [-0.25, -0.2) is 9.48 Å². The maximum Gasteiger partial charge on any atom is 0.358 e. The molecule has 1 aromatic carbocycles. The molecular formula is C16H20N4O4. The molecular weight excluding hydrogens is 312 g/mol. The van der Waals surface area contributed by atoms with Gasteiger partial charge >= 0.3 is 5.97 Å². The number of aromatic nitrogens is 3. The molecule has 1 amide bonds. The summed E-state index contributed by atoms with van der Waals surface area (Å²) in [4.78, 5) is 22.8. The summed E-state index contributed by atoms with van der Waals surface area (Å²) < 4.78 is 6.74. The molecule has 0 bridgehead atoms. The summed E-state index contributed by atoms with van der Waals surface area (Å²) in [5.41, 5.74) is 1.07. The highest BCUT2D eigenvalue weighted by Crippen LogP contribution is 2.14. The molecule has 0 saturated carbocycles. The van der Waals surface area contributed by atoms with E-state index in [0.29, 0.717) is 30.8 Å². The van der Waals surface area contributed by atoms with E-state index in [9.17, 15) is 9.59 Å². The summed E-state index contributed by atoms with van der Waals surface area (Å²) in [6, 6.07) is 6.94. The van der Waals surface area contributed by atoms with Crippen LogP contribution in [0.4, 0.5) is 5.69 Å². The van der Waals surface area contributed by atoms with Gasteiger partial charge in [-0.05, 0) is 38.5 Å². The van der Waals surface area contributed by atoms with Crippen molar-refractivity contribution in [3.05, 3.63) is 36.2 Å². The van der Waals surface area contributed by atoms with Crippen LogP contribution in [0.1, 0.15) is 37.2 Å². The van der Waals surface area contributed by atoms with E-state index in [2.05, 4.69) is 15.6 Å². The van der Waals surface area contributed by atoms with Gasteiger partial charge in [-0.1, -0.05) is 11.3 Å². The summed E-state index contributed by atoms with van der Waals surface area (Å²) in [5, 5.41) is 19.0. The first-order chi connectivity index (χ1) is 11.5. The largest absolute Gasteiger partial charge is 0.476 e. The molecule has 2 N–H and O–H groups in total. The normalized spacial score (nSPS) is 10.8. The number of nitrogens with zero attached hydrogens (tertiary/aromatic N) is 3. The lowest BCUT2D eigenvalue weighted by Gasteiger charge is -2.09. The first-order valence-electron chi connectivity index (χ1n) is 7.63. The van der Waals surface area contributed by atoms with Crippen molar-refractivity contribution in [2.75, 3.05) is 11.9 Å². The van der Waals surface area contributed by atoms with Crippen LogP contribution in [0.15, 0.2) is 30.5 Å². The number of aromatic carboxylic acids is 1. The highest BCUT2D eigenvalue weighted by atomic mass is 16.5. The molecule has 0 aliphatic heterocycles. The van der Waals surface area contributed by atoms with Crippen molar-refractivity contribution in [1.29, 1.82) is 0 Å². The fraction of sp³-hybridized carbons (Fsp3) is 0.375. The molecule has 8 heteroatoms. The number of hydrogen-bond acceptors (Lipinski definition) is 5. The zero-order chi connectivity index (χ0) is 17.5. The lowest BCUT2D eigenvalue weighted by molar-refractivity contribution is -0.116. The molecule has 24 heavy (non-hydrogen) atoms. The van der Waals surface area contributed by atoms with Crippen molar-refractivity contribution in [2.45, 2.75) is 32.8 Å². The van der Waals surface area contributed by atoms with Crippen LogP contribution in [-0.2, 0) is 9.53 Å². The number of anilines is 1. The van der Waals surface area contributed by atoms with Crippen molar-refractivity contribution in [2.24, 2.45) is 0 Å². The minimum atomic E-state index is -1.14. The number of carboxylic acids is 1. The molecule has 0 atom stereocenters. The maximum absolute atomic E-state index is 11.9. The molecule has 0 radical (unpaired) electrons. The van der Waals surface area contributed by atoms with Gasteiger partial charge in [0.05, 0.1) is 18.0 Å². The van der Waals surface area contributed by atoms with E-state index in [1.165, 1.54) is 10.9 Å². The lowest BCUT2D eigenvalue weighted by atomic mass is 10.2. The molecule has 2 aromatic rings. The van der Waals surface area contributed by atoms with E-state index < -0.39 is 5.97 Å². The zero-order valence-corrected chi connectivity index (χ0v) is 13.6. The smallest absolute Gasteiger partial charge is 0.358 e. The number of nitrogens with one attached hydrogen (secondary N) is 1.